The van der Waals surface area contributed by atoms with Gasteiger partial charge in [0, 0.05) is 31.0 Å². The second kappa shape index (κ2) is 6.16. The molecule has 21 heavy (non-hydrogen) atoms. The van der Waals surface area contributed by atoms with E-state index in [1.165, 1.54) is 0 Å². The molecular formula is C16H16ClN3O. The van der Waals surface area contributed by atoms with Crippen LogP contribution in [0.1, 0.15) is 23.2 Å². The molecule has 3 rings (SSSR count). The quantitative estimate of drug-likeness (QED) is 0.784. The standard InChI is InChI=1S/C16H16ClN3O/c1-20-9-8-18-16(20)15(14-3-2-10-21-14)19-11-12-4-6-13(17)7-5-12/h2-10,15,19H,11H2,1H3. The molecule has 0 saturated carbocycles. The number of benzene rings is 1. The van der Waals surface area contributed by atoms with Crippen molar-refractivity contribution in [1.82, 2.24) is 14.9 Å². The molecule has 2 heterocycles. The van der Waals surface area contributed by atoms with Crippen LogP contribution >= 0.6 is 11.6 Å². The van der Waals surface area contributed by atoms with Crippen molar-refractivity contribution >= 4 is 11.6 Å². The SMILES string of the molecule is Cn1ccnc1C(NCc1ccc(Cl)cc1)c1ccco1. The molecule has 108 valence electrons. The van der Waals surface area contributed by atoms with Crippen molar-refractivity contribution in [2.75, 3.05) is 0 Å². The van der Waals surface area contributed by atoms with Crippen LogP contribution in [0.5, 0.6) is 0 Å². The number of hydrogen-bond donors (Lipinski definition) is 1. The number of imidazole rings is 1. The lowest BCUT2D eigenvalue weighted by Crippen LogP contribution is -2.24. The molecule has 0 fully saturated rings. The smallest absolute Gasteiger partial charge is 0.133 e. The summed E-state index contributed by atoms with van der Waals surface area (Å²) in [5.74, 6) is 1.76. The van der Waals surface area contributed by atoms with Gasteiger partial charge in [-0.3, -0.25) is 5.32 Å². The van der Waals surface area contributed by atoms with E-state index in [4.69, 9.17) is 16.0 Å². The van der Waals surface area contributed by atoms with Gasteiger partial charge >= 0.3 is 0 Å². The summed E-state index contributed by atoms with van der Waals surface area (Å²) in [6.45, 7) is 0.704. The van der Waals surface area contributed by atoms with Gasteiger partial charge in [-0.15, -0.1) is 0 Å². The number of halogens is 1. The third-order valence-electron chi connectivity index (χ3n) is 3.37. The van der Waals surface area contributed by atoms with Crippen LogP contribution < -0.4 is 5.32 Å². The zero-order valence-corrected chi connectivity index (χ0v) is 12.4. The summed E-state index contributed by atoms with van der Waals surface area (Å²) < 4.78 is 7.53. The van der Waals surface area contributed by atoms with Crippen LogP contribution in [-0.4, -0.2) is 9.55 Å². The molecule has 1 unspecified atom stereocenters. The normalized spacial score (nSPS) is 12.5. The first-order valence-electron chi connectivity index (χ1n) is 6.72. The lowest BCUT2D eigenvalue weighted by Gasteiger charge is -2.16. The molecule has 3 aromatic rings. The Morgan fingerprint density at radius 1 is 1.29 bits per heavy atom. The zero-order valence-electron chi connectivity index (χ0n) is 11.7. The van der Waals surface area contributed by atoms with Crippen molar-refractivity contribution in [2.45, 2.75) is 12.6 Å². The largest absolute Gasteiger partial charge is 0.467 e. The van der Waals surface area contributed by atoms with Crippen molar-refractivity contribution in [3.8, 4) is 0 Å². The van der Waals surface area contributed by atoms with E-state index >= 15 is 0 Å². The molecule has 0 spiro atoms. The number of furan rings is 1. The van der Waals surface area contributed by atoms with Gasteiger partial charge in [-0.2, -0.15) is 0 Å². The van der Waals surface area contributed by atoms with Crippen molar-refractivity contribution in [3.05, 3.63) is 77.2 Å². The third kappa shape index (κ3) is 3.17. The highest BCUT2D eigenvalue weighted by atomic mass is 35.5. The second-order valence-electron chi connectivity index (χ2n) is 4.85. The third-order valence-corrected chi connectivity index (χ3v) is 3.62. The summed E-state index contributed by atoms with van der Waals surface area (Å²) in [6, 6.07) is 11.5. The van der Waals surface area contributed by atoms with E-state index in [0.717, 1.165) is 22.2 Å². The Hall–Kier alpha value is -2.04. The molecule has 1 N–H and O–H groups in total. The molecule has 0 bridgehead atoms. The Bertz CT molecular complexity index is 689. The molecule has 1 aromatic carbocycles. The maximum atomic E-state index is 5.91. The summed E-state index contributed by atoms with van der Waals surface area (Å²) in [5, 5.41) is 4.22. The average molecular weight is 302 g/mol. The Balaban J connectivity index is 1.80. The van der Waals surface area contributed by atoms with Crippen molar-refractivity contribution < 1.29 is 4.42 Å². The number of nitrogens with one attached hydrogen (secondary N) is 1. The predicted octanol–water partition coefficient (Wildman–Crippen LogP) is 3.55. The van der Waals surface area contributed by atoms with Gasteiger partial charge in [-0.05, 0) is 29.8 Å². The van der Waals surface area contributed by atoms with E-state index < -0.39 is 0 Å². The van der Waals surface area contributed by atoms with Gasteiger partial charge in [0.2, 0.25) is 0 Å². The van der Waals surface area contributed by atoms with Gasteiger partial charge < -0.3 is 8.98 Å². The van der Waals surface area contributed by atoms with Crippen molar-refractivity contribution in [3.63, 3.8) is 0 Å². The highest BCUT2D eigenvalue weighted by Gasteiger charge is 2.20. The first-order valence-corrected chi connectivity index (χ1v) is 7.10. The maximum absolute atomic E-state index is 5.91. The van der Waals surface area contributed by atoms with Crippen LogP contribution in [0.4, 0.5) is 0 Å². The number of rotatable bonds is 5. The molecule has 0 saturated heterocycles. The molecule has 0 aliphatic heterocycles. The van der Waals surface area contributed by atoms with Crippen LogP contribution in [0, 0.1) is 0 Å². The molecule has 0 aliphatic rings. The van der Waals surface area contributed by atoms with Crippen LogP contribution in [0.3, 0.4) is 0 Å². The number of hydrogen-bond acceptors (Lipinski definition) is 3. The second-order valence-corrected chi connectivity index (χ2v) is 5.29. The topological polar surface area (TPSA) is 43.0 Å². The first-order chi connectivity index (χ1) is 10.2. The lowest BCUT2D eigenvalue weighted by molar-refractivity contribution is 0.429. The summed E-state index contributed by atoms with van der Waals surface area (Å²) >= 11 is 5.91. The Morgan fingerprint density at radius 2 is 2.10 bits per heavy atom. The monoisotopic (exact) mass is 301 g/mol. The van der Waals surface area contributed by atoms with Crippen LogP contribution in [0.25, 0.3) is 0 Å². The van der Waals surface area contributed by atoms with E-state index in [9.17, 15) is 0 Å². The summed E-state index contributed by atoms with van der Waals surface area (Å²) in [5.41, 5.74) is 1.16. The predicted molar refractivity (Wildman–Crippen MR) is 82.1 cm³/mol. The molecule has 1 atom stereocenters. The molecule has 4 nitrogen and oxygen atoms in total. The Morgan fingerprint density at radius 3 is 2.71 bits per heavy atom. The molecule has 5 heteroatoms. The van der Waals surface area contributed by atoms with Gasteiger partial charge in [-0.25, -0.2) is 4.98 Å². The van der Waals surface area contributed by atoms with E-state index in [0.29, 0.717) is 6.54 Å². The maximum Gasteiger partial charge on any atom is 0.133 e. The summed E-state index contributed by atoms with van der Waals surface area (Å²) in [6.07, 6.45) is 5.39. The Labute approximate surface area is 128 Å². The van der Waals surface area contributed by atoms with Crippen molar-refractivity contribution in [1.29, 1.82) is 0 Å². The molecular weight excluding hydrogens is 286 g/mol. The van der Waals surface area contributed by atoms with Gasteiger partial charge in [-0.1, -0.05) is 23.7 Å². The van der Waals surface area contributed by atoms with Gasteiger partial charge in [0.05, 0.1) is 6.26 Å². The lowest BCUT2D eigenvalue weighted by atomic mass is 10.1. The Kier molecular flexibility index (Phi) is 4.08. The minimum atomic E-state index is -0.0873. The highest BCUT2D eigenvalue weighted by Crippen LogP contribution is 2.21. The summed E-state index contributed by atoms with van der Waals surface area (Å²) in [7, 11) is 1.97. The molecule has 2 aromatic heterocycles. The number of aromatic nitrogens is 2. The fraction of sp³-hybridized carbons (Fsp3) is 0.188. The summed E-state index contributed by atoms with van der Waals surface area (Å²) in [4.78, 5) is 4.42. The molecule has 0 radical (unpaired) electrons. The van der Waals surface area contributed by atoms with Crippen molar-refractivity contribution in [2.24, 2.45) is 7.05 Å². The highest BCUT2D eigenvalue weighted by molar-refractivity contribution is 6.30. The van der Waals surface area contributed by atoms with E-state index in [1.807, 2.05) is 54.2 Å². The van der Waals surface area contributed by atoms with Gasteiger partial charge in [0.1, 0.15) is 17.6 Å². The van der Waals surface area contributed by atoms with E-state index in [2.05, 4.69) is 10.3 Å². The van der Waals surface area contributed by atoms with Crippen LogP contribution in [0.2, 0.25) is 5.02 Å². The van der Waals surface area contributed by atoms with Gasteiger partial charge in [0.25, 0.3) is 0 Å². The fourth-order valence-corrected chi connectivity index (χ4v) is 2.38. The number of nitrogens with zero attached hydrogens (tertiary/aromatic N) is 2. The van der Waals surface area contributed by atoms with Gasteiger partial charge in [0.15, 0.2) is 0 Å². The first kappa shape index (κ1) is 13.9. The molecule has 0 amide bonds. The van der Waals surface area contributed by atoms with Crippen LogP contribution in [0.15, 0.2) is 59.5 Å². The molecule has 0 aliphatic carbocycles. The van der Waals surface area contributed by atoms with E-state index in [1.54, 1.807) is 12.5 Å². The van der Waals surface area contributed by atoms with E-state index in [-0.39, 0.29) is 6.04 Å². The average Bonchev–Trinajstić information content (AvgIpc) is 3.14. The van der Waals surface area contributed by atoms with Crippen LogP contribution in [-0.2, 0) is 13.6 Å². The minimum absolute atomic E-state index is 0.0873. The number of aryl methyl sites for hydroxylation is 1. The fourth-order valence-electron chi connectivity index (χ4n) is 2.25. The minimum Gasteiger partial charge on any atom is -0.467 e. The zero-order chi connectivity index (χ0) is 14.7.